The maximum atomic E-state index is 3.66. The fourth-order valence-electron chi connectivity index (χ4n) is 2.01. The lowest BCUT2D eigenvalue weighted by atomic mass is 10.0. The molecular formula is C15H18BrNS. The molecule has 1 nitrogen and oxygen atoms in total. The van der Waals surface area contributed by atoms with Gasteiger partial charge in [-0.1, -0.05) is 41.1 Å². The van der Waals surface area contributed by atoms with Crippen LogP contribution < -0.4 is 5.32 Å². The van der Waals surface area contributed by atoms with E-state index in [1.807, 2.05) is 0 Å². The maximum Gasteiger partial charge on any atom is 0.0372 e. The van der Waals surface area contributed by atoms with Gasteiger partial charge >= 0.3 is 0 Å². The summed E-state index contributed by atoms with van der Waals surface area (Å²) < 4.78 is 1.19. The minimum atomic E-state index is 0.384. The number of hydrogen-bond donors (Lipinski definition) is 1. The van der Waals surface area contributed by atoms with E-state index in [1.165, 1.54) is 15.6 Å². The Labute approximate surface area is 121 Å². The first kappa shape index (κ1) is 13.8. The van der Waals surface area contributed by atoms with E-state index in [0.717, 1.165) is 19.4 Å². The van der Waals surface area contributed by atoms with Crippen molar-refractivity contribution in [2.24, 2.45) is 0 Å². The van der Waals surface area contributed by atoms with Crippen molar-refractivity contribution in [2.45, 2.75) is 25.8 Å². The smallest absolute Gasteiger partial charge is 0.0372 e. The average molecular weight is 324 g/mol. The van der Waals surface area contributed by atoms with Gasteiger partial charge in [-0.25, -0.2) is 0 Å². The summed E-state index contributed by atoms with van der Waals surface area (Å²) in [7, 11) is 0. The van der Waals surface area contributed by atoms with Gasteiger partial charge in [0, 0.05) is 10.5 Å². The zero-order valence-corrected chi connectivity index (χ0v) is 12.9. The molecule has 2 rings (SSSR count). The van der Waals surface area contributed by atoms with Crippen molar-refractivity contribution in [2.75, 3.05) is 6.54 Å². The number of nitrogens with one attached hydrogen (secondary N) is 1. The highest BCUT2D eigenvalue weighted by Gasteiger charge is 2.14. The van der Waals surface area contributed by atoms with Crippen LogP contribution in [-0.2, 0) is 6.42 Å². The molecular weight excluding hydrogens is 306 g/mol. The molecule has 0 fully saturated rings. The molecule has 1 unspecified atom stereocenters. The predicted octanol–water partition coefficient (Wildman–Crippen LogP) is 4.79. The van der Waals surface area contributed by atoms with E-state index >= 15 is 0 Å². The minimum Gasteiger partial charge on any atom is -0.310 e. The highest BCUT2D eigenvalue weighted by Crippen LogP contribution is 2.26. The first-order valence-electron chi connectivity index (χ1n) is 6.30. The Morgan fingerprint density at radius 3 is 2.78 bits per heavy atom. The summed E-state index contributed by atoms with van der Waals surface area (Å²) in [6.07, 6.45) is 2.21. The molecule has 1 N–H and O–H groups in total. The third-order valence-electron chi connectivity index (χ3n) is 2.94. The fourth-order valence-corrected chi connectivity index (χ4v) is 3.26. The Bertz CT molecular complexity index is 467. The summed E-state index contributed by atoms with van der Waals surface area (Å²) in [5, 5.41) is 8.02. The van der Waals surface area contributed by atoms with E-state index in [9.17, 15) is 0 Å². The SMILES string of the molecule is CCCNC(Cc1ccsc1)c1ccccc1Br. The van der Waals surface area contributed by atoms with Crippen molar-refractivity contribution < 1.29 is 0 Å². The second kappa shape index (κ2) is 7.07. The number of halogens is 1. The summed E-state index contributed by atoms with van der Waals surface area (Å²) in [5.41, 5.74) is 2.75. The second-order valence-electron chi connectivity index (χ2n) is 4.36. The summed E-state index contributed by atoms with van der Waals surface area (Å²) in [4.78, 5) is 0. The van der Waals surface area contributed by atoms with Gasteiger partial charge in [-0.15, -0.1) is 0 Å². The molecule has 96 valence electrons. The quantitative estimate of drug-likeness (QED) is 0.805. The standard InChI is InChI=1S/C15H18BrNS/c1-2-8-17-15(10-12-7-9-18-11-12)13-5-3-4-6-14(13)16/h3-7,9,11,15,17H,2,8,10H2,1H3. The molecule has 1 aromatic carbocycles. The molecule has 0 aliphatic carbocycles. The molecule has 1 heterocycles. The average Bonchev–Trinajstić information content (AvgIpc) is 2.88. The molecule has 0 saturated heterocycles. The van der Waals surface area contributed by atoms with Crippen LogP contribution >= 0.6 is 27.3 Å². The summed E-state index contributed by atoms with van der Waals surface area (Å²) in [6.45, 7) is 3.25. The van der Waals surface area contributed by atoms with Crippen molar-refractivity contribution in [3.8, 4) is 0 Å². The number of hydrogen-bond acceptors (Lipinski definition) is 2. The van der Waals surface area contributed by atoms with E-state index in [0.29, 0.717) is 6.04 Å². The van der Waals surface area contributed by atoms with E-state index in [2.05, 4.69) is 69.3 Å². The van der Waals surface area contributed by atoms with Crippen molar-refractivity contribution in [1.82, 2.24) is 5.32 Å². The Morgan fingerprint density at radius 1 is 1.28 bits per heavy atom. The molecule has 3 heteroatoms. The van der Waals surface area contributed by atoms with Gasteiger partial charge in [0.1, 0.15) is 0 Å². The zero-order chi connectivity index (χ0) is 12.8. The van der Waals surface area contributed by atoms with Crippen molar-refractivity contribution in [3.05, 3.63) is 56.7 Å². The molecule has 0 amide bonds. The van der Waals surface area contributed by atoms with Gasteiger partial charge in [0.15, 0.2) is 0 Å². The third kappa shape index (κ3) is 3.67. The van der Waals surface area contributed by atoms with E-state index in [4.69, 9.17) is 0 Å². The highest BCUT2D eigenvalue weighted by molar-refractivity contribution is 9.10. The molecule has 18 heavy (non-hydrogen) atoms. The van der Waals surface area contributed by atoms with Gasteiger partial charge in [0.2, 0.25) is 0 Å². The van der Waals surface area contributed by atoms with Crippen LogP contribution in [0.5, 0.6) is 0 Å². The highest BCUT2D eigenvalue weighted by atomic mass is 79.9. The third-order valence-corrected chi connectivity index (χ3v) is 4.40. The normalized spacial score (nSPS) is 12.6. The largest absolute Gasteiger partial charge is 0.310 e. The Morgan fingerprint density at radius 2 is 2.11 bits per heavy atom. The summed E-state index contributed by atoms with van der Waals surface area (Å²) in [6, 6.07) is 11.1. The Kier molecular flexibility index (Phi) is 5.42. The first-order chi connectivity index (χ1) is 8.81. The monoisotopic (exact) mass is 323 g/mol. The Hall–Kier alpha value is -0.640. The van der Waals surface area contributed by atoms with Crippen molar-refractivity contribution in [3.63, 3.8) is 0 Å². The number of thiophene rings is 1. The van der Waals surface area contributed by atoms with Gasteiger partial charge < -0.3 is 5.32 Å². The van der Waals surface area contributed by atoms with Crippen LogP contribution in [0.25, 0.3) is 0 Å². The molecule has 0 spiro atoms. The van der Waals surface area contributed by atoms with Crippen LogP contribution in [0.3, 0.4) is 0 Å². The second-order valence-corrected chi connectivity index (χ2v) is 6.00. The van der Waals surface area contributed by atoms with E-state index in [-0.39, 0.29) is 0 Å². The summed E-state index contributed by atoms with van der Waals surface area (Å²) >= 11 is 5.42. The van der Waals surface area contributed by atoms with Crippen molar-refractivity contribution >= 4 is 27.3 Å². The lowest BCUT2D eigenvalue weighted by Crippen LogP contribution is -2.24. The van der Waals surface area contributed by atoms with Gasteiger partial charge in [0.25, 0.3) is 0 Å². The molecule has 2 aromatic rings. The summed E-state index contributed by atoms with van der Waals surface area (Å²) in [5.74, 6) is 0. The topological polar surface area (TPSA) is 12.0 Å². The van der Waals surface area contributed by atoms with Gasteiger partial charge in [0.05, 0.1) is 0 Å². The minimum absolute atomic E-state index is 0.384. The van der Waals surface area contributed by atoms with Gasteiger partial charge in [-0.2, -0.15) is 11.3 Å². The van der Waals surface area contributed by atoms with Crippen LogP contribution in [0.15, 0.2) is 45.6 Å². The first-order valence-corrected chi connectivity index (χ1v) is 8.03. The van der Waals surface area contributed by atoms with Crippen LogP contribution in [0.2, 0.25) is 0 Å². The van der Waals surface area contributed by atoms with Gasteiger partial charge in [-0.3, -0.25) is 0 Å². The molecule has 0 bridgehead atoms. The lowest BCUT2D eigenvalue weighted by Gasteiger charge is -2.20. The molecule has 0 aliphatic heterocycles. The van der Waals surface area contributed by atoms with Crippen LogP contribution in [0.1, 0.15) is 30.5 Å². The van der Waals surface area contributed by atoms with Crippen LogP contribution in [0.4, 0.5) is 0 Å². The predicted molar refractivity (Wildman–Crippen MR) is 83.2 cm³/mol. The van der Waals surface area contributed by atoms with Gasteiger partial charge in [-0.05, 0) is 53.4 Å². The molecule has 0 saturated carbocycles. The molecule has 1 atom stereocenters. The van der Waals surface area contributed by atoms with Crippen molar-refractivity contribution in [1.29, 1.82) is 0 Å². The molecule has 0 radical (unpaired) electrons. The maximum absolute atomic E-state index is 3.66. The Balaban J connectivity index is 2.16. The molecule has 1 aromatic heterocycles. The van der Waals surface area contributed by atoms with E-state index < -0.39 is 0 Å². The molecule has 0 aliphatic rings. The number of benzene rings is 1. The fraction of sp³-hybridized carbons (Fsp3) is 0.333. The van der Waals surface area contributed by atoms with Crippen LogP contribution in [-0.4, -0.2) is 6.54 Å². The van der Waals surface area contributed by atoms with E-state index in [1.54, 1.807) is 11.3 Å². The lowest BCUT2D eigenvalue weighted by molar-refractivity contribution is 0.528. The van der Waals surface area contributed by atoms with Crippen LogP contribution in [0, 0.1) is 0 Å². The zero-order valence-electron chi connectivity index (χ0n) is 10.5. The number of rotatable bonds is 6.